The number of imidazole rings is 1. The Morgan fingerprint density at radius 1 is 1.11 bits per heavy atom. The van der Waals surface area contributed by atoms with Gasteiger partial charge in [-0.1, -0.05) is 20.8 Å². The smallest absolute Gasteiger partial charge is 0.308 e. The summed E-state index contributed by atoms with van der Waals surface area (Å²) in [5, 5.41) is 20.7. The maximum absolute atomic E-state index is 13.6. The van der Waals surface area contributed by atoms with Crippen LogP contribution in [0.25, 0.3) is 28.7 Å². The van der Waals surface area contributed by atoms with E-state index in [1.54, 1.807) is 43.7 Å². The number of aliphatic hydroxyl groups excluding tert-OH is 2. The normalized spacial score (nSPS) is 13.7. The number of nitrogens with zero attached hydrogens (tertiary/aromatic N) is 3. The molecule has 8 heteroatoms. The van der Waals surface area contributed by atoms with Gasteiger partial charge in [-0.2, -0.15) is 0 Å². The molecular weight excluding hydrogens is 449 g/mol. The predicted octanol–water partition coefficient (Wildman–Crippen LogP) is 4.58. The maximum Gasteiger partial charge on any atom is 0.308 e. The molecule has 0 unspecified atom stereocenters. The van der Waals surface area contributed by atoms with E-state index in [1.165, 1.54) is 12.1 Å². The molecule has 2 heterocycles. The van der Waals surface area contributed by atoms with Crippen LogP contribution >= 0.6 is 0 Å². The molecule has 3 aromatic rings. The Kier molecular flexibility index (Phi) is 8.53. The van der Waals surface area contributed by atoms with Gasteiger partial charge in [0.25, 0.3) is 0 Å². The van der Waals surface area contributed by atoms with E-state index in [2.05, 4.69) is 4.98 Å². The fraction of sp³-hybridized carbons (Fsp3) is 0.370. The number of carbonyl (C=O) groups excluding carboxylic acids is 1. The highest BCUT2D eigenvalue weighted by Gasteiger charge is 2.27. The van der Waals surface area contributed by atoms with Crippen molar-refractivity contribution in [1.29, 1.82) is 0 Å². The third-order valence-electron chi connectivity index (χ3n) is 5.33. The molecule has 0 aliphatic carbocycles. The summed E-state index contributed by atoms with van der Waals surface area (Å²) in [4.78, 5) is 20.7. The SMILES string of the molecule is CCOC(=O)C[C@@H](O)C[C@@H](O)/C=C/n1c(C(C)(C)C)nc(-c2ccc(F)cc2)c1-c1ccncc1. The van der Waals surface area contributed by atoms with E-state index in [-0.39, 0.29) is 30.7 Å². The Hall–Kier alpha value is -3.36. The van der Waals surface area contributed by atoms with Crippen LogP contribution in [-0.4, -0.2) is 49.5 Å². The minimum absolute atomic E-state index is 0.0235. The van der Waals surface area contributed by atoms with Crippen LogP contribution < -0.4 is 0 Å². The Bertz CT molecular complexity index is 1150. The van der Waals surface area contributed by atoms with Gasteiger partial charge >= 0.3 is 5.97 Å². The van der Waals surface area contributed by atoms with E-state index >= 15 is 0 Å². The fourth-order valence-corrected chi connectivity index (χ4v) is 3.74. The summed E-state index contributed by atoms with van der Waals surface area (Å²) in [5.41, 5.74) is 2.67. The lowest BCUT2D eigenvalue weighted by molar-refractivity contribution is -0.145. The van der Waals surface area contributed by atoms with E-state index < -0.39 is 18.2 Å². The molecule has 0 saturated heterocycles. The van der Waals surface area contributed by atoms with Crippen LogP contribution in [0, 0.1) is 5.82 Å². The van der Waals surface area contributed by atoms with Gasteiger partial charge in [0.05, 0.1) is 36.6 Å². The molecule has 1 aromatic carbocycles. The van der Waals surface area contributed by atoms with Gasteiger partial charge in [-0.05, 0) is 49.4 Å². The van der Waals surface area contributed by atoms with Crippen LogP contribution in [-0.2, 0) is 14.9 Å². The molecule has 0 fully saturated rings. The molecule has 186 valence electrons. The molecule has 3 rings (SSSR count). The zero-order valence-electron chi connectivity index (χ0n) is 20.5. The zero-order chi connectivity index (χ0) is 25.6. The second-order valence-corrected chi connectivity index (χ2v) is 9.30. The zero-order valence-corrected chi connectivity index (χ0v) is 20.5. The molecular formula is C27H32FN3O4. The van der Waals surface area contributed by atoms with E-state index in [9.17, 15) is 19.4 Å². The van der Waals surface area contributed by atoms with Crippen LogP contribution in [0.4, 0.5) is 4.39 Å². The molecule has 0 saturated carbocycles. The van der Waals surface area contributed by atoms with Gasteiger partial charge in [0.1, 0.15) is 11.6 Å². The Morgan fingerprint density at radius 2 is 1.77 bits per heavy atom. The third kappa shape index (κ3) is 6.83. The molecule has 0 aliphatic heterocycles. The molecule has 2 aromatic heterocycles. The van der Waals surface area contributed by atoms with Crippen molar-refractivity contribution in [3.63, 3.8) is 0 Å². The van der Waals surface area contributed by atoms with Crippen molar-refractivity contribution in [2.75, 3.05) is 6.61 Å². The summed E-state index contributed by atoms with van der Waals surface area (Å²) in [6.45, 7) is 8.02. The average molecular weight is 482 g/mol. The number of esters is 1. The number of hydrogen-bond donors (Lipinski definition) is 2. The maximum atomic E-state index is 13.6. The first-order chi connectivity index (χ1) is 16.6. The molecule has 35 heavy (non-hydrogen) atoms. The highest BCUT2D eigenvalue weighted by atomic mass is 19.1. The first-order valence-electron chi connectivity index (χ1n) is 11.6. The number of halogens is 1. The lowest BCUT2D eigenvalue weighted by Gasteiger charge is -2.19. The fourth-order valence-electron chi connectivity index (χ4n) is 3.74. The number of hydrogen-bond acceptors (Lipinski definition) is 6. The summed E-state index contributed by atoms with van der Waals surface area (Å²) >= 11 is 0. The summed E-state index contributed by atoms with van der Waals surface area (Å²) in [7, 11) is 0. The second kappa shape index (κ2) is 11.4. The van der Waals surface area contributed by atoms with Crippen LogP contribution in [0.5, 0.6) is 0 Å². The number of aromatic nitrogens is 3. The Morgan fingerprint density at radius 3 is 2.37 bits per heavy atom. The highest BCUT2D eigenvalue weighted by Crippen LogP contribution is 2.36. The minimum atomic E-state index is -1.03. The summed E-state index contributed by atoms with van der Waals surface area (Å²) < 4.78 is 20.4. The first kappa shape index (κ1) is 26.2. The number of rotatable bonds is 9. The van der Waals surface area contributed by atoms with Gasteiger partial charge in [-0.3, -0.25) is 9.78 Å². The first-order valence-corrected chi connectivity index (χ1v) is 11.6. The molecule has 0 amide bonds. The monoisotopic (exact) mass is 481 g/mol. The van der Waals surface area contributed by atoms with Gasteiger partial charge in [-0.15, -0.1) is 0 Å². The van der Waals surface area contributed by atoms with Gasteiger partial charge in [0.2, 0.25) is 0 Å². The quantitative estimate of drug-likeness (QED) is 0.434. The van der Waals surface area contributed by atoms with Crippen molar-refractivity contribution in [1.82, 2.24) is 14.5 Å². The van der Waals surface area contributed by atoms with Crippen molar-refractivity contribution < 1.29 is 24.1 Å². The molecule has 0 spiro atoms. The van der Waals surface area contributed by atoms with Crippen molar-refractivity contribution in [2.24, 2.45) is 0 Å². The average Bonchev–Trinajstić information content (AvgIpc) is 3.19. The predicted molar refractivity (Wildman–Crippen MR) is 133 cm³/mol. The van der Waals surface area contributed by atoms with Gasteiger partial charge in [0, 0.05) is 41.6 Å². The molecule has 7 nitrogen and oxygen atoms in total. The summed E-state index contributed by atoms with van der Waals surface area (Å²) in [5.74, 6) is -0.108. The van der Waals surface area contributed by atoms with Crippen molar-refractivity contribution in [3.8, 4) is 22.5 Å². The summed E-state index contributed by atoms with van der Waals surface area (Å²) in [6.07, 6.45) is 4.40. The molecule has 0 aliphatic rings. The lowest BCUT2D eigenvalue weighted by Crippen LogP contribution is -2.21. The standard InChI is InChI=1S/C27H32FN3O4/c1-5-35-23(34)17-22(33)16-21(32)12-15-31-25(19-10-13-29-14-11-19)24(30-26(31)27(2,3)4)18-6-8-20(28)9-7-18/h6-15,21-22,32-33H,5,16-17H2,1-4H3/b15-12+/t21-,22-/m0/s1. The lowest BCUT2D eigenvalue weighted by atomic mass is 9.95. The van der Waals surface area contributed by atoms with E-state index in [0.717, 1.165) is 22.6 Å². The van der Waals surface area contributed by atoms with Crippen LogP contribution in [0.15, 0.2) is 54.9 Å². The molecule has 2 N–H and O–H groups in total. The van der Waals surface area contributed by atoms with Gasteiger partial charge in [0.15, 0.2) is 0 Å². The topological polar surface area (TPSA) is 97.5 Å². The minimum Gasteiger partial charge on any atom is -0.466 e. The molecule has 0 bridgehead atoms. The van der Waals surface area contributed by atoms with Crippen molar-refractivity contribution in [2.45, 2.75) is 58.2 Å². The van der Waals surface area contributed by atoms with Crippen molar-refractivity contribution >= 4 is 12.2 Å². The van der Waals surface area contributed by atoms with Crippen molar-refractivity contribution in [3.05, 3.63) is 66.5 Å². The van der Waals surface area contributed by atoms with E-state index in [1.807, 2.05) is 37.5 Å². The number of aliphatic hydroxyl groups is 2. The van der Waals surface area contributed by atoms with E-state index in [0.29, 0.717) is 5.69 Å². The van der Waals surface area contributed by atoms with Gasteiger partial charge in [-0.25, -0.2) is 9.37 Å². The highest BCUT2D eigenvalue weighted by molar-refractivity contribution is 5.80. The number of ether oxygens (including phenoxy) is 1. The number of benzene rings is 1. The van der Waals surface area contributed by atoms with E-state index in [4.69, 9.17) is 9.72 Å². The summed E-state index contributed by atoms with van der Waals surface area (Å²) in [6, 6.07) is 9.88. The van der Waals surface area contributed by atoms with Crippen LogP contribution in [0.1, 0.15) is 46.4 Å². The Labute approximate surface area is 204 Å². The number of pyridine rings is 1. The van der Waals surface area contributed by atoms with Crippen LogP contribution in [0.2, 0.25) is 0 Å². The third-order valence-corrected chi connectivity index (χ3v) is 5.33. The molecule has 2 atom stereocenters. The molecule has 0 radical (unpaired) electrons. The number of carbonyl (C=O) groups is 1. The largest absolute Gasteiger partial charge is 0.466 e. The van der Waals surface area contributed by atoms with Gasteiger partial charge < -0.3 is 19.5 Å². The van der Waals surface area contributed by atoms with Crippen LogP contribution in [0.3, 0.4) is 0 Å². The second-order valence-electron chi connectivity index (χ2n) is 9.30. The Balaban J connectivity index is 2.03.